The maximum absolute atomic E-state index is 12.6. The van der Waals surface area contributed by atoms with Gasteiger partial charge in [0.25, 0.3) is 0 Å². The molecule has 2 aromatic heterocycles. The summed E-state index contributed by atoms with van der Waals surface area (Å²) in [5, 5.41) is 7.24. The summed E-state index contributed by atoms with van der Waals surface area (Å²) >= 11 is 0. The molecule has 3 aromatic rings. The fraction of sp³-hybridized carbons (Fsp3) is 0.250. The van der Waals surface area contributed by atoms with E-state index >= 15 is 0 Å². The van der Waals surface area contributed by atoms with Crippen LogP contribution in [-0.4, -0.2) is 32.7 Å². The van der Waals surface area contributed by atoms with E-state index in [2.05, 4.69) is 33.6 Å². The van der Waals surface area contributed by atoms with E-state index in [1.54, 1.807) is 22.0 Å². The number of anilines is 1. The molecule has 2 amide bonds. The molecule has 1 aliphatic carbocycles. The Bertz CT molecular complexity index is 905. The van der Waals surface area contributed by atoms with Gasteiger partial charge in [0.15, 0.2) is 0 Å². The molecule has 1 aromatic carbocycles. The lowest BCUT2D eigenvalue weighted by Crippen LogP contribution is -2.33. The number of carbonyl (C=O) groups is 1. The molecule has 1 N–H and O–H groups in total. The number of urea groups is 1. The Balaban J connectivity index is 1.41. The molecule has 6 heteroatoms. The fourth-order valence-corrected chi connectivity index (χ4v) is 3.46. The highest BCUT2D eigenvalue weighted by molar-refractivity contribution is 5.89. The summed E-state index contributed by atoms with van der Waals surface area (Å²) in [6.45, 7) is 0.572. The standard InChI is InChI=1S/C20H21N5O/c1-24(19-10-9-15-6-2-3-8-18(15)19)20(26)23-17-12-22-25(14-17)13-16-7-4-5-11-21-16/h2-8,11-12,14,19H,9-10,13H2,1H3,(H,23,26)/t19-/m1/s1. The van der Waals surface area contributed by atoms with Gasteiger partial charge < -0.3 is 10.2 Å². The van der Waals surface area contributed by atoms with E-state index in [1.807, 2.05) is 37.5 Å². The van der Waals surface area contributed by atoms with Crippen LogP contribution in [0.15, 0.2) is 61.1 Å². The first-order valence-electron chi connectivity index (χ1n) is 8.74. The highest BCUT2D eigenvalue weighted by Crippen LogP contribution is 2.34. The number of aromatic nitrogens is 3. The van der Waals surface area contributed by atoms with E-state index < -0.39 is 0 Å². The van der Waals surface area contributed by atoms with E-state index in [4.69, 9.17) is 0 Å². The van der Waals surface area contributed by atoms with E-state index in [1.165, 1.54) is 11.1 Å². The lowest BCUT2D eigenvalue weighted by Gasteiger charge is -2.25. The van der Waals surface area contributed by atoms with Crippen molar-refractivity contribution in [3.63, 3.8) is 0 Å². The van der Waals surface area contributed by atoms with Crippen molar-refractivity contribution in [2.45, 2.75) is 25.4 Å². The van der Waals surface area contributed by atoms with Gasteiger partial charge in [-0.25, -0.2) is 4.79 Å². The average molecular weight is 347 g/mol. The van der Waals surface area contributed by atoms with Crippen molar-refractivity contribution in [2.75, 3.05) is 12.4 Å². The molecule has 26 heavy (non-hydrogen) atoms. The fourth-order valence-electron chi connectivity index (χ4n) is 3.46. The Morgan fingerprint density at radius 2 is 2.12 bits per heavy atom. The summed E-state index contributed by atoms with van der Waals surface area (Å²) in [7, 11) is 1.85. The van der Waals surface area contributed by atoms with Crippen molar-refractivity contribution in [2.24, 2.45) is 0 Å². The molecule has 4 rings (SSSR count). The van der Waals surface area contributed by atoms with Crippen LogP contribution in [0.5, 0.6) is 0 Å². The van der Waals surface area contributed by atoms with Gasteiger partial charge in [-0.05, 0) is 36.1 Å². The van der Waals surface area contributed by atoms with Crippen LogP contribution in [0.1, 0.15) is 29.3 Å². The molecule has 0 spiro atoms. The molecule has 0 fully saturated rings. The lowest BCUT2D eigenvalue weighted by atomic mass is 10.1. The molecule has 6 nitrogen and oxygen atoms in total. The third-order valence-corrected chi connectivity index (χ3v) is 4.82. The second kappa shape index (κ2) is 7.00. The van der Waals surface area contributed by atoms with Crippen LogP contribution < -0.4 is 5.32 Å². The molecule has 132 valence electrons. The third kappa shape index (κ3) is 3.31. The van der Waals surface area contributed by atoms with Crippen LogP contribution in [0.2, 0.25) is 0 Å². The van der Waals surface area contributed by atoms with E-state index in [0.29, 0.717) is 12.2 Å². The lowest BCUT2D eigenvalue weighted by molar-refractivity contribution is 0.204. The molecule has 0 unspecified atom stereocenters. The number of fused-ring (bicyclic) bond motifs is 1. The number of pyridine rings is 1. The van der Waals surface area contributed by atoms with Crippen LogP contribution in [0, 0.1) is 0 Å². The Morgan fingerprint density at radius 1 is 1.27 bits per heavy atom. The highest BCUT2D eigenvalue weighted by atomic mass is 16.2. The Kier molecular flexibility index (Phi) is 4.39. The van der Waals surface area contributed by atoms with Gasteiger partial charge in [0, 0.05) is 19.4 Å². The van der Waals surface area contributed by atoms with E-state index in [-0.39, 0.29) is 12.1 Å². The number of carbonyl (C=O) groups excluding carboxylic acids is 1. The van der Waals surface area contributed by atoms with Crippen LogP contribution in [0.4, 0.5) is 10.5 Å². The first kappa shape index (κ1) is 16.3. The number of amides is 2. The van der Waals surface area contributed by atoms with Crippen molar-refractivity contribution in [1.29, 1.82) is 0 Å². The highest BCUT2D eigenvalue weighted by Gasteiger charge is 2.28. The summed E-state index contributed by atoms with van der Waals surface area (Å²) in [6, 6.07) is 14.1. The number of aryl methyl sites for hydroxylation is 1. The van der Waals surface area contributed by atoms with Gasteiger partial charge in [0.2, 0.25) is 0 Å². The topological polar surface area (TPSA) is 63.1 Å². The third-order valence-electron chi connectivity index (χ3n) is 4.82. The van der Waals surface area contributed by atoms with Gasteiger partial charge in [-0.1, -0.05) is 30.3 Å². The number of nitrogens with one attached hydrogen (secondary N) is 1. The summed E-state index contributed by atoms with van der Waals surface area (Å²) < 4.78 is 1.77. The Hall–Kier alpha value is -3.15. The van der Waals surface area contributed by atoms with Crippen LogP contribution >= 0.6 is 0 Å². The normalized spacial score (nSPS) is 15.5. The molecule has 0 aliphatic heterocycles. The second-order valence-electron chi connectivity index (χ2n) is 6.54. The first-order chi connectivity index (χ1) is 12.7. The van der Waals surface area contributed by atoms with Crippen molar-refractivity contribution in [3.8, 4) is 0 Å². The number of nitrogens with zero attached hydrogens (tertiary/aromatic N) is 4. The molecule has 0 saturated heterocycles. The van der Waals surface area contributed by atoms with Crippen molar-refractivity contribution < 1.29 is 4.79 Å². The van der Waals surface area contributed by atoms with Crippen molar-refractivity contribution >= 4 is 11.7 Å². The minimum absolute atomic E-state index is 0.120. The zero-order valence-corrected chi connectivity index (χ0v) is 14.7. The molecule has 0 saturated carbocycles. The molecule has 1 aliphatic rings. The largest absolute Gasteiger partial charge is 0.322 e. The summed E-state index contributed by atoms with van der Waals surface area (Å²) in [6.07, 6.45) is 7.22. The maximum atomic E-state index is 12.6. The zero-order chi connectivity index (χ0) is 17.9. The molecule has 2 heterocycles. The zero-order valence-electron chi connectivity index (χ0n) is 14.7. The minimum Gasteiger partial charge on any atom is -0.321 e. The van der Waals surface area contributed by atoms with Gasteiger partial charge in [0.1, 0.15) is 0 Å². The predicted molar refractivity (Wildman–Crippen MR) is 99.9 cm³/mol. The average Bonchev–Trinajstić information content (AvgIpc) is 3.29. The van der Waals surface area contributed by atoms with E-state index in [0.717, 1.165) is 18.5 Å². The van der Waals surface area contributed by atoms with Crippen LogP contribution in [0.3, 0.4) is 0 Å². The second-order valence-corrected chi connectivity index (χ2v) is 6.54. The van der Waals surface area contributed by atoms with Gasteiger partial charge in [-0.2, -0.15) is 5.10 Å². The quantitative estimate of drug-likeness (QED) is 0.786. The molecular weight excluding hydrogens is 326 g/mol. The molecule has 0 bridgehead atoms. The van der Waals surface area contributed by atoms with Crippen LogP contribution in [0.25, 0.3) is 0 Å². The van der Waals surface area contributed by atoms with Crippen molar-refractivity contribution in [1.82, 2.24) is 19.7 Å². The molecule has 1 atom stereocenters. The molecule has 0 radical (unpaired) electrons. The smallest absolute Gasteiger partial charge is 0.321 e. The number of hydrogen-bond donors (Lipinski definition) is 1. The summed E-state index contributed by atoms with van der Waals surface area (Å²) in [4.78, 5) is 18.7. The van der Waals surface area contributed by atoms with Crippen molar-refractivity contribution in [3.05, 3.63) is 77.9 Å². The SMILES string of the molecule is CN(C(=O)Nc1cnn(Cc2ccccn2)c1)[C@@H]1CCc2ccccc21. The predicted octanol–water partition coefficient (Wildman–Crippen LogP) is 3.48. The van der Waals surface area contributed by atoms with Gasteiger partial charge in [-0.15, -0.1) is 0 Å². The summed E-state index contributed by atoms with van der Waals surface area (Å²) in [5.74, 6) is 0. The number of rotatable bonds is 4. The molecular formula is C20H21N5O. The van der Waals surface area contributed by atoms with Crippen LogP contribution in [-0.2, 0) is 13.0 Å². The van der Waals surface area contributed by atoms with E-state index in [9.17, 15) is 4.79 Å². The maximum Gasteiger partial charge on any atom is 0.322 e. The van der Waals surface area contributed by atoms with Gasteiger partial charge >= 0.3 is 6.03 Å². The first-order valence-corrected chi connectivity index (χ1v) is 8.74. The number of hydrogen-bond acceptors (Lipinski definition) is 3. The number of benzene rings is 1. The minimum atomic E-state index is -0.121. The van der Waals surface area contributed by atoms with Gasteiger partial charge in [0.05, 0.1) is 30.2 Å². The van der Waals surface area contributed by atoms with Gasteiger partial charge in [-0.3, -0.25) is 9.67 Å². The Labute approximate surface area is 152 Å². The monoisotopic (exact) mass is 347 g/mol. The Morgan fingerprint density at radius 3 is 2.96 bits per heavy atom. The summed E-state index contributed by atoms with van der Waals surface area (Å²) in [5.41, 5.74) is 4.19.